The predicted octanol–water partition coefficient (Wildman–Crippen LogP) is 0.898. The van der Waals surface area contributed by atoms with E-state index in [-0.39, 0.29) is 18.3 Å². The Bertz CT molecular complexity index is 728. The van der Waals surface area contributed by atoms with Gasteiger partial charge in [-0.05, 0) is 17.7 Å². The van der Waals surface area contributed by atoms with Crippen LogP contribution in [0.4, 0.5) is 10.5 Å². The van der Waals surface area contributed by atoms with Crippen molar-refractivity contribution >= 4 is 30.0 Å². The molecule has 0 atom stereocenters. The SMILES string of the molecule is Cl.NC(=O)NCc1ccc(NC(=O)c2n[nH]c3c2CNCC3)cc1. The molecule has 1 aromatic carbocycles. The Morgan fingerprint density at radius 2 is 2.00 bits per heavy atom. The van der Waals surface area contributed by atoms with Gasteiger partial charge in [-0.1, -0.05) is 12.1 Å². The second-order valence-electron chi connectivity index (χ2n) is 5.32. The number of H-pyrrole nitrogens is 1. The zero-order chi connectivity index (χ0) is 16.2. The summed E-state index contributed by atoms with van der Waals surface area (Å²) in [6.45, 7) is 1.88. The number of nitrogens with one attached hydrogen (secondary N) is 4. The van der Waals surface area contributed by atoms with E-state index in [1.165, 1.54) is 0 Å². The van der Waals surface area contributed by atoms with Crippen LogP contribution in [0, 0.1) is 0 Å². The zero-order valence-corrected chi connectivity index (χ0v) is 13.7. The average molecular weight is 351 g/mol. The summed E-state index contributed by atoms with van der Waals surface area (Å²) in [5, 5.41) is 15.6. The van der Waals surface area contributed by atoms with Gasteiger partial charge in [-0.2, -0.15) is 5.10 Å². The summed E-state index contributed by atoms with van der Waals surface area (Å²) < 4.78 is 0. The summed E-state index contributed by atoms with van der Waals surface area (Å²) in [6.07, 6.45) is 0.844. The van der Waals surface area contributed by atoms with E-state index in [9.17, 15) is 9.59 Å². The number of hydrogen-bond acceptors (Lipinski definition) is 4. The molecular formula is C15H19ClN6O2. The Labute approximate surface area is 145 Å². The molecule has 3 amide bonds. The van der Waals surface area contributed by atoms with Crippen LogP contribution in [0.25, 0.3) is 0 Å². The van der Waals surface area contributed by atoms with Gasteiger partial charge in [0.25, 0.3) is 5.91 Å². The molecule has 0 aliphatic carbocycles. The molecule has 0 unspecified atom stereocenters. The van der Waals surface area contributed by atoms with Gasteiger partial charge in [0.2, 0.25) is 0 Å². The number of aromatic amines is 1. The van der Waals surface area contributed by atoms with Gasteiger partial charge >= 0.3 is 6.03 Å². The number of urea groups is 1. The fourth-order valence-corrected chi connectivity index (χ4v) is 2.50. The van der Waals surface area contributed by atoms with Crippen LogP contribution in [0.1, 0.15) is 27.3 Å². The Hall–Kier alpha value is -2.58. The van der Waals surface area contributed by atoms with Crippen LogP contribution in [-0.4, -0.2) is 28.7 Å². The topological polar surface area (TPSA) is 125 Å². The van der Waals surface area contributed by atoms with E-state index in [0.29, 0.717) is 24.5 Å². The number of aromatic nitrogens is 2. The average Bonchev–Trinajstić information content (AvgIpc) is 2.98. The van der Waals surface area contributed by atoms with Crippen LogP contribution >= 0.6 is 12.4 Å². The number of carbonyl (C=O) groups is 2. The van der Waals surface area contributed by atoms with Crippen molar-refractivity contribution in [2.45, 2.75) is 19.5 Å². The van der Waals surface area contributed by atoms with Crippen LogP contribution in [0.3, 0.4) is 0 Å². The molecule has 2 heterocycles. The number of benzene rings is 1. The first-order chi connectivity index (χ1) is 11.1. The largest absolute Gasteiger partial charge is 0.352 e. The normalized spacial score (nSPS) is 12.7. The van der Waals surface area contributed by atoms with Crippen molar-refractivity contribution in [1.29, 1.82) is 0 Å². The molecule has 2 aromatic rings. The number of halogens is 1. The van der Waals surface area contributed by atoms with Crippen molar-refractivity contribution in [1.82, 2.24) is 20.8 Å². The van der Waals surface area contributed by atoms with E-state index in [0.717, 1.165) is 29.8 Å². The quantitative estimate of drug-likeness (QED) is 0.561. The lowest BCUT2D eigenvalue weighted by Gasteiger charge is -2.13. The molecule has 0 radical (unpaired) electrons. The summed E-state index contributed by atoms with van der Waals surface area (Å²) >= 11 is 0. The standard InChI is InChI=1S/C15H18N6O2.ClH/c16-15(23)18-7-9-1-3-10(4-2-9)19-14(22)13-11-8-17-6-5-12(11)20-21-13;/h1-4,17H,5-8H2,(H,19,22)(H,20,21)(H3,16,18,23);1H. The highest BCUT2D eigenvalue weighted by molar-refractivity contribution is 6.04. The van der Waals surface area contributed by atoms with Gasteiger partial charge in [0.1, 0.15) is 0 Å². The fraction of sp³-hybridized carbons (Fsp3) is 0.267. The molecule has 0 saturated carbocycles. The number of anilines is 1. The summed E-state index contributed by atoms with van der Waals surface area (Å²) in [5.41, 5.74) is 8.95. The van der Waals surface area contributed by atoms with Crippen molar-refractivity contribution in [3.8, 4) is 0 Å². The maximum Gasteiger partial charge on any atom is 0.312 e. The number of fused-ring (bicyclic) bond motifs is 1. The van der Waals surface area contributed by atoms with Crippen molar-refractivity contribution in [3.63, 3.8) is 0 Å². The Kier molecular flexibility index (Phi) is 5.78. The van der Waals surface area contributed by atoms with Crippen molar-refractivity contribution in [2.75, 3.05) is 11.9 Å². The van der Waals surface area contributed by atoms with Gasteiger partial charge in [0.15, 0.2) is 5.69 Å². The van der Waals surface area contributed by atoms with Crippen LogP contribution in [0.5, 0.6) is 0 Å². The van der Waals surface area contributed by atoms with Gasteiger partial charge in [-0.3, -0.25) is 9.89 Å². The monoisotopic (exact) mass is 350 g/mol. The van der Waals surface area contributed by atoms with E-state index in [2.05, 4.69) is 26.1 Å². The summed E-state index contributed by atoms with van der Waals surface area (Å²) in [4.78, 5) is 23.0. The molecule has 3 rings (SSSR count). The highest BCUT2D eigenvalue weighted by atomic mass is 35.5. The molecular weight excluding hydrogens is 332 g/mol. The Morgan fingerprint density at radius 1 is 1.25 bits per heavy atom. The zero-order valence-electron chi connectivity index (χ0n) is 12.9. The summed E-state index contributed by atoms with van der Waals surface area (Å²) in [6, 6.07) is 6.60. The van der Waals surface area contributed by atoms with Gasteiger partial charge < -0.3 is 21.7 Å². The number of rotatable bonds is 4. The molecule has 0 spiro atoms. The molecule has 8 nitrogen and oxygen atoms in total. The fourth-order valence-electron chi connectivity index (χ4n) is 2.50. The van der Waals surface area contributed by atoms with E-state index in [1.54, 1.807) is 12.1 Å². The Morgan fingerprint density at radius 3 is 2.71 bits per heavy atom. The summed E-state index contributed by atoms with van der Waals surface area (Å²) in [7, 11) is 0. The first-order valence-corrected chi connectivity index (χ1v) is 7.34. The van der Waals surface area contributed by atoms with Gasteiger partial charge in [-0.25, -0.2) is 4.79 Å². The number of nitrogens with two attached hydrogens (primary N) is 1. The highest BCUT2D eigenvalue weighted by Gasteiger charge is 2.21. The Balaban J connectivity index is 0.00000208. The minimum Gasteiger partial charge on any atom is -0.352 e. The number of carbonyl (C=O) groups excluding carboxylic acids is 2. The van der Waals surface area contributed by atoms with Gasteiger partial charge in [-0.15, -0.1) is 12.4 Å². The summed E-state index contributed by atoms with van der Waals surface area (Å²) in [5.74, 6) is -0.241. The van der Waals surface area contributed by atoms with Crippen molar-refractivity contribution < 1.29 is 9.59 Å². The molecule has 24 heavy (non-hydrogen) atoms. The third-order valence-electron chi connectivity index (χ3n) is 3.70. The van der Waals surface area contributed by atoms with Crippen molar-refractivity contribution in [3.05, 3.63) is 46.8 Å². The third kappa shape index (κ3) is 4.03. The molecule has 128 valence electrons. The second kappa shape index (κ2) is 7.80. The molecule has 1 aliphatic rings. The highest BCUT2D eigenvalue weighted by Crippen LogP contribution is 2.17. The first kappa shape index (κ1) is 17.8. The van der Waals surface area contributed by atoms with E-state index in [4.69, 9.17) is 5.73 Å². The first-order valence-electron chi connectivity index (χ1n) is 7.34. The third-order valence-corrected chi connectivity index (χ3v) is 3.70. The van der Waals surface area contributed by atoms with E-state index in [1.807, 2.05) is 12.1 Å². The number of hydrogen-bond donors (Lipinski definition) is 5. The van der Waals surface area contributed by atoms with Crippen molar-refractivity contribution in [2.24, 2.45) is 5.73 Å². The number of primary amides is 1. The van der Waals surface area contributed by atoms with Crippen LogP contribution in [0.2, 0.25) is 0 Å². The number of nitrogens with zero attached hydrogens (tertiary/aromatic N) is 1. The predicted molar refractivity (Wildman–Crippen MR) is 92.1 cm³/mol. The molecule has 0 saturated heterocycles. The molecule has 0 fully saturated rings. The lowest BCUT2D eigenvalue weighted by molar-refractivity contribution is 0.102. The maximum atomic E-state index is 12.4. The van der Waals surface area contributed by atoms with E-state index >= 15 is 0 Å². The molecule has 6 N–H and O–H groups in total. The second-order valence-corrected chi connectivity index (χ2v) is 5.32. The minimum atomic E-state index is -0.570. The van der Waals surface area contributed by atoms with Crippen LogP contribution in [-0.2, 0) is 19.5 Å². The smallest absolute Gasteiger partial charge is 0.312 e. The molecule has 0 bridgehead atoms. The van der Waals surface area contributed by atoms with Gasteiger partial charge in [0, 0.05) is 43.0 Å². The molecule has 9 heteroatoms. The van der Waals surface area contributed by atoms with Crippen LogP contribution < -0.4 is 21.7 Å². The van der Waals surface area contributed by atoms with E-state index < -0.39 is 6.03 Å². The minimum absolute atomic E-state index is 0. The molecule has 1 aromatic heterocycles. The maximum absolute atomic E-state index is 12.4. The molecule has 1 aliphatic heterocycles. The lowest BCUT2D eigenvalue weighted by Crippen LogP contribution is -2.28. The number of amides is 3. The lowest BCUT2D eigenvalue weighted by atomic mass is 10.1. The van der Waals surface area contributed by atoms with Crippen LogP contribution in [0.15, 0.2) is 24.3 Å². The van der Waals surface area contributed by atoms with Gasteiger partial charge in [0.05, 0.1) is 0 Å².